The predicted octanol–water partition coefficient (Wildman–Crippen LogP) is 4.33. The van der Waals surface area contributed by atoms with Crippen LogP contribution in [0.5, 0.6) is 5.75 Å². The molecule has 2 amide bonds. The van der Waals surface area contributed by atoms with Gasteiger partial charge in [-0.25, -0.2) is 0 Å². The first-order valence-corrected chi connectivity index (χ1v) is 8.69. The summed E-state index contributed by atoms with van der Waals surface area (Å²) in [6, 6.07) is 22.4. The Kier molecular flexibility index (Phi) is 4.34. The zero-order valence-electron chi connectivity index (χ0n) is 14.7. The molecule has 134 valence electrons. The lowest BCUT2D eigenvalue weighted by Crippen LogP contribution is -2.34. The smallest absolute Gasteiger partial charge is 0.265 e. The van der Waals surface area contributed by atoms with Gasteiger partial charge in [-0.1, -0.05) is 48.5 Å². The monoisotopic (exact) mass is 358 g/mol. The van der Waals surface area contributed by atoms with E-state index < -0.39 is 6.10 Å². The van der Waals surface area contributed by atoms with Crippen LogP contribution in [0.4, 0.5) is 11.4 Å². The summed E-state index contributed by atoms with van der Waals surface area (Å²) in [4.78, 5) is 24.7. The molecule has 0 spiro atoms. The zero-order valence-corrected chi connectivity index (χ0v) is 14.7. The van der Waals surface area contributed by atoms with Crippen molar-refractivity contribution >= 4 is 23.2 Å². The SMILES string of the molecule is CC1Oc2ccc(NC(=O)c3ccccc3-c3ccccc3)cc2NC1=O. The molecule has 1 aliphatic heterocycles. The summed E-state index contributed by atoms with van der Waals surface area (Å²) in [7, 11) is 0. The van der Waals surface area contributed by atoms with E-state index in [-0.39, 0.29) is 11.8 Å². The number of nitrogens with one attached hydrogen (secondary N) is 2. The minimum atomic E-state index is -0.532. The van der Waals surface area contributed by atoms with Crippen LogP contribution in [0.1, 0.15) is 17.3 Å². The number of fused-ring (bicyclic) bond motifs is 1. The first kappa shape index (κ1) is 16.8. The maximum absolute atomic E-state index is 12.9. The van der Waals surface area contributed by atoms with E-state index in [9.17, 15) is 9.59 Å². The van der Waals surface area contributed by atoms with E-state index in [1.165, 1.54) is 0 Å². The van der Waals surface area contributed by atoms with Gasteiger partial charge in [-0.2, -0.15) is 0 Å². The van der Waals surface area contributed by atoms with Crippen molar-refractivity contribution in [2.45, 2.75) is 13.0 Å². The summed E-state index contributed by atoms with van der Waals surface area (Å²) in [5, 5.41) is 5.68. The van der Waals surface area contributed by atoms with E-state index in [1.807, 2.05) is 48.5 Å². The normalized spacial score (nSPS) is 15.3. The second kappa shape index (κ2) is 6.96. The average molecular weight is 358 g/mol. The summed E-state index contributed by atoms with van der Waals surface area (Å²) in [5.41, 5.74) is 3.55. The number of rotatable bonds is 3. The number of anilines is 2. The number of carbonyl (C=O) groups is 2. The third kappa shape index (κ3) is 3.40. The highest BCUT2D eigenvalue weighted by Gasteiger charge is 2.23. The fraction of sp³-hybridized carbons (Fsp3) is 0.0909. The van der Waals surface area contributed by atoms with Crippen molar-refractivity contribution in [2.24, 2.45) is 0 Å². The second-order valence-corrected chi connectivity index (χ2v) is 6.33. The van der Waals surface area contributed by atoms with Gasteiger partial charge < -0.3 is 15.4 Å². The molecule has 0 aromatic heterocycles. The topological polar surface area (TPSA) is 67.4 Å². The van der Waals surface area contributed by atoms with Crippen LogP contribution < -0.4 is 15.4 Å². The quantitative estimate of drug-likeness (QED) is 0.732. The average Bonchev–Trinajstić information content (AvgIpc) is 2.70. The standard InChI is InChI=1S/C22H18N2O3/c1-14-21(25)24-19-13-16(11-12-20(19)27-14)23-22(26)18-10-6-5-9-17(18)15-7-3-2-4-8-15/h2-14H,1H3,(H,23,26)(H,24,25). The molecule has 5 nitrogen and oxygen atoms in total. The zero-order chi connectivity index (χ0) is 18.8. The lowest BCUT2D eigenvalue weighted by Gasteiger charge is -2.23. The molecule has 0 aliphatic carbocycles. The second-order valence-electron chi connectivity index (χ2n) is 6.33. The van der Waals surface area contributed by atoms with Crippen LogP contribution in [0.25, 0.3) is 11.1 Å². The first-order valence-electron chi connectivity index (χ1n) is 8.69. The minimum Gasteiger partial charge on any atom is -0.479 e. The van der Waals surface area contributed by atoms with Crippen LogP contribution in [0.15, 0.2) is 72.8 Å². The third-order valence-electron chi connectivity index (χ3n) is 4.42. The van der Waals surface area contributed by atoms with Crippen molar-refractivity contribution in [3.05, 3.63) is 78.4 Å². The van der Waals surface area contributed by atoms with E-state index in [1.54, 1.807) is 31.2 Å². The fourth-order valence-electron chi connectivity index (χ4n) is 3.04. The maximum atomic E-state index is 12.9. The molecular formula is C22H18N2O3. The van der Waals surface area contributed by atoms with Crippen molar-refractivity contribution in [3.63, 3.8) is 0 Å². The van der Waals surface area contributed by atoms with Gasteiger partial charge in [-0.15, -0.1) is 0 Å². The van der Waals surface area contributed by atoms with Gasteiger partial charge >= 0.3 is 0 Å². The molecule has 4 rings (SSSR count). The Morgan fingerprint density at radius 3 is 2.56 bits per heavy atom. The van der Waals surface area contributed by atoms with Gasteiger partial charge in [-0.05, 0) is 42.3 Å². The summed E-state index contributed by atoms with van der Waals surface area (Å²) in [5.74, 6) is 0.163. The minimum absolute atomic E-state index is 0.208. The third-order valence-corrected chi connectivity index (χ3v) is 4.42. The number of amides is 2. The van der Waals surface area contributed by atoms with Gasteiger partial charge in [0.25, 0.3) is 11.8 Å². The Bertz CT molecular complexity index is 1020. The molecule has 1 aliphatic rings. The van der Waals surface area contributed by atoms with Gasteiger partial charge in [-0.3, -0.25) is 9.59 Å². The summed E-state index contributed by atoms with van der Waals surface area (Å²) in [6.07, 6.45) is -0.532. The number of benzene rings is 3. The van der Waals surface area contributed by atoms with Gasteiger partial charge in [0.1, 0.15) is 5.75 Å². The molecule has 3 aromatic carbocycles. The molecule has 0 fully saturated rings. The van der Waals surface area contributed by atoms with E-state index in [4.69, 9.17) is 4.74 Å². The van der Waals surface area contributed by atoms with Gasteiger partial charge in [0.05, 0.1) is 5.69 Å². The van der Waals surface area contributed by atoms with Crippen molar-refractivity contribution < 1.29 is 14.3 Å². The van der Waals surface area contributed by atoms with Crippen molar-refractivity contribution in [3.8, 4) is 16.9 Å². The highest BCUT2D eigenvalue weighted by atomic mass is 16.5. The summed E-state index contributed by atoms with van der Waals surface area (Å²) in [6.45, 7) is 1.69. The molecule has 3 aromatic rings. The van der Waals surface area contributed by atoms with Crippen LogP contribution in [-0.2, 0) is 4.79 Å². The highest BCUT2D eigenvalue weighted by Crippen LogP contribution is 2.32. The van der Waals surface area contributed by atoms with Gasteiger partial charge in [0.2, 0.25) is 0 Å². The highest BCUT2D eigenvalue weighted by molar-refractivity contribution is 6.09. The predicted molar refractivity (Wildman–Crippen MR) is 105 cm³/mol. The van der Waals surface area contributed by atoms with Crippen molar-refractivity contribution in [2.75, 3.05) is 10.6 Å². The molecule has 0 bridgehead atoms. The number of carbonyl (C=O) groups excluding carboxylic acids is 2. The van der Waals surface area contributed by atoms with Gasteiger partial charge in [0.15, 0.2) is 6.10 Å². The number of hydrogen-bond acceptors (Lipinski definition) is 3. The maximum Gasteiger partial charge on any atom is 0.265 e. The molecule has 2 N–H and O–H groups in total. The van der Waals surface area contributed by atoms with Crippen molar-refractivity contribution in [1.82, 2.24) is 0 Å². The van der Waals surface area contributed by atoms with Gasteiger partial charge in [0, 0.05) is 11.3 Å². The van der Waals surface area contributed by atoms with E-state index in [2.05, 4.69) is 10.6 Å². The van der Waals surface area contributed by atoms with Crippen LogP contribution >= 0.6 is 0 Å². The Hall–Kier alpha value is -3.60. The number of ether oxygens (including phenoxy) is 1. The molecule has 0 saturated carbocycles. The first-order chi connectivity index (χ1) is 13.1. The lowest BCUT2D eigenvalue weighted by molar-refractivity contribution is -0.122. The van der Waals surface area contributed by atoms with Crippen LogP contribution in [0.3, 0.4) is 0 Å². The van der Waals surface area contributed by atoms with E-state index in [0.29, 0.717) is 22.7 Å². The summed E-state index contributed by atoms with van der Waals surface area (Å²) < 4.78 is 5.54. The molecule has 1 unspecified atom stereocenters. The number of hydrogen-bond donors (Lipinski definition) is 2. The summed E-state index contributed by atoms with van der Waals surface area (Å²) >= 11 is 0. The fourth-order valence-corrected chi connectivity index (χ4v) is 3.04. The Balaban J connectivity index is 1.61. The molecular weight excluding hydrogens is 340 g/mol. The van der Waals surface area contributed by atoms with E-state index in [0.717, 1.165) is 11.1 Å². The van der Waals surface area contributed by atoms with Crippen LogP contribution in [-0.4, -0.2) is 17.9 Å². The Labute approximate surface area is 157 Å². The van der Waals surface area contributed by atoms with Crippen LogP contribution in [0.2, 0.25) is 0 Å². The lowest BCUT2D eigenvalue weighted by atomic mass is 9.99. The molecule has 1 atom stereocenters. The van der Waals surface area contributed by atoms with Crippen LogP contribution in [0, 0.1) is 0 Å². The molecule has 0 radical (unpaired) electrons. The Morgan fingerprint density at radius 2 is 1.74 bits per heavy atom. The van der Waals surface area contributed by atoms with E-state index >= 15 is 0 Å². The Morgan fingerprint density at radius 1 is 1.00 bits per heavy atom. The molecule has 5 heteroatoms. The molecule has 0 saturated heterocycles. The largest absolute Gasteiger partial charge is 0.479 e. The van der Waals surface area contributed by atoms with Crippen molar-refractivity contribution in [1.29, 1.82) is 0 Å². The molecule has 27 heavy (non-hydrogen) atoms. The molecule has 1 heterocycles.